The summed E-state index contributed by atoms with van der Waals surface area (Å²) in [5, 5.41) is 5.95. The van der Waals surface area contributed by atoms with Gasteiger partial charge in [0, 0.05) is 43.0 Å². The van der Waals surface area contributed by atoms with Crippen LogP contribution >= 0.6 is 11.3 Å². The molecule has 1 aliphatic heterocycles. The quantitative estimate of drug-likeness (QED) is 0.904. The van der Waals surface area contributed by atoms with Gasteiger partial charge in [0.05, 0.1) is 11.2 Å². The van der Waals surface area contributed by atoms with Crippen molar-refractivity contribution < 1.29 is 0 Å². The lowest BCUT2D eigenvalue weighted by Gasteiger charge is -2.45. The molecule has 0 amide bonds. The van der Waals surface area contributed by atoms with Crippen LogP contribution in [0.3, 0.4) is 0 Å². The van der Waals surface area contributed by atoms with Crippen molar-refractivity contribution in [1.29, 1.82) is 0 Å². The smallest absolute Gasteiger partial charge is 0.0794 e. The second-order valence-electron chi connectivity index (χ2n) is 6.12. The average molecular weight is 265 g/mol. The molecule has 0 spiro atoms. The highest BCUT2D eigenvalue weighted by molar-refractivity contribution is 7.07. The number of thiazole rings is 1. The molecule has 1 saturated heterocycles. The maximum atomic E-state index is 4.39. The van der Waals surface area contributed by atoms with Crippen LogP contribution in [-0.2, 0) is 6.42 Å². The summed E-state index contributed by atoms with van der Waals surface area (Å²) < 4.78 is 0. The van der Waals surface area contributed by atoms with E-state index in [0.717, 1.165) is 25.4 Å². The zero-order valence-electron chi connectivity index (χ0n) is 11.4. The molecular formula is C14H23N3S. The maximum absolute atomic E-state index is 4.39. The van der Waals surface area contributed by atoms with Gasteiger partial charge in [-0.2, -0.15) is 0 Å². The van der Waals surface area contributed by atoms with Crippen LogP contribution in [0.15, 0.2) is 10.9 Å². The predicted octanol–water partition coefficient (Wildman–Crippen LogP) is 2.15. The van der Waals surface area contributed by atoms with Gasteiger partial charge in [-0.05, 0) is 32.6 Å². The number of piperazine rings is 1. The Kier molecular flexibility index (Phi) is 3.43. The highest BCUT2D eigenvalue weighted by Crippen LogP contribution is 2.41. The fourth-order valence-corrected chi connectivity index (χ4v) is 3.65. The summed E-state index contributed by atoms with van der Waals surface area (Å²) >= 11 is 1.70. The van der Waals surface area contributed by atoms with Gasteiger partial charge in [0.1, 0.15) is 0 Å². The first-order valence-corrected chi connectivity index (χ1v) is 7.98. The topological polar surface area (TPSA) is 28.2 Å². The van der Waals surface area contributed by atoms with E-state index in [9.17, 15) is 0 Å². The van der Waals surface area contributed by atoms with Crippen LogP contribution in [0.2, 0.25) is 0 Å². The second-order valence-corrected chi connectivity index (χ2v) is 6.84. The molecule has 4 heteroatoms. The Morgan fingerprint density at radius 1 is 1.56 bits per heavy atom. The van der Waals surface area contributed by atoms with Gasteiger partial charge in [-0.3, -0.25) is 4.90 Å². The third-order valence-corrected chi connectivity index (χ3v) is 5.21. The highest BCUT2D eigenvalue weighted by atomic mass is 32.1. The Morgan fingerprint density at radius 3 is 3.06 bits per heavy atom. The minimum absolute atomic E-state index is 0.356. The summed E-state index contributed by atoms with van der Waals surface area (Å²) in [7, 11) is 0. The molecule has 18 heavy (non-hydrogen) atoms. The molecule has 0 radical (unpaired) electrons. The average Bonchev–Trinajstić information content (AvgIpc) is 3.10. The fraction of sp³-hybridized carbons (Fsp3) is 0.786. The van der Waals surface area contributed by atoms with Crippen LogP contribution in [0, 0.1) is 5.92 Å². The number of nitrogens with one attached hydrogen (secondary N) is 1. The summed E-state index contributed by atoms with van der Waals surface area (Å²) in [6, 6.07) is 0.649. The minimum atomic E-state index is 0.356. The molecule has 2 unspecified atom stereocenters. The molecule has 2 fully saturated rings. The van der Waals surface area contributed by atoms with Crippen molar-refractivity contribution in [3.05, 3.63) is 16.6 Å². The molecule has 3 rings (SSSR count). The van der Waals surface area contributed by atoms with E-state index in [1.54, 1.807) is 11.3 Å². The lowest BCUT2D eigenvalue weighted by atomic mass is 9.91. The van der Waals surface area contributed by atoms with Crippen molar-refractivity contribution in [3.63, 3.8) is 0 Å². The molecule has 0 aromatic carbocycles. The van der Waals surface area contributed by atoms with Crippen LogP contribution in [0.1, 0.15) is 32.4 Å². The Balaban J connectivity index is 1.59. The largest absolute Gasteiger partial charge is 0.308 e. The first-order valence-electron chi connectivity index (χ1n) is 7.03. The molecule has 1 aliphatic carbocycles. The molecule has 1 aromatic heterocycles. The van der Waals surface area contributed by atoms with Gasteiger partial charge >= 0.3 is 0 Å². The van der Waals surface area contributed by atoms with E-state index in [4.69, 9.17) is 0 Å². The molecule has 2 aliphatic rings. The molecular weight excluding hydrogens is 242 g/mol. The molecule has 0 bridgehead atoms. The van der Waals surface area contributed by atoms with Gasteiger partial charge in [-0.25, -0.2) is 4.98 Å². The van der Waals surface area contributed by atoms with Crippen molar-refractivity contribution in [2.75, 3.05) is 19.6 Å². The second kappa shape index (κ2) is 4.91. The molecule has 1 saturated carbocycles. The Morgan fingerprint density at radius 2 is 2.39 bits per heavy atom. The summed E-state index contributed by atoms with van der Waals surface area (Å²) in [6.45, 7) is 8.22. The van der Waals surface area contributed by atoms with E-state index in [2.05, 4.69) is 34.4 Å². The van der Waals surface area contributed by atoms with Crippen LogP contribution in [0.25, 0.3) is 0 Å². The highest BCUT2D eigenvalue weighted by Gasteiger charge is 2.45. The van der Waals surface area contributed by atoms with Crippen molar-refractivity contribution in [3.8, 4) is 0 Å². The lowest BCUT2D eigenvalue weighted by Crippen LogP contribution is -2.63. The van der Waals surface area contributed by atoms with Crippen molar-refractivity contribution in [1.82, 2.24) is 15.2 Å². The summed E-state index contributed by atoms with van der Waals surface area (Å²) in [6.07, 6.45) is 3.92. The normalized spacial score (nSPS) is 33.8. The van der Waals surface area contributed by atoms with E-state index in [1.165, 1.54) is 25.1 Å². The summed E-state index contributed by atoms with van der Waals surface area (Å²) in [4.78, 5) is 7.03. The standard InChI is InChI=1S/C14H23N3S/c1-11-7-16-14(2,12-3-4-12)9-17(11)6-5-13-8-18-10-15-13/h8,10-12,16H,3-7,9H2,1-2H3. The van der Waals surface area contributed by atoms with E-state index >= 15 is 0 Å². The number of hydrogen-bond acceptors (Lipinski definition) is 4. The molecule has 2 atom stereocenters. The van der Waals surface area contributed by atoms with Crippen molar-refractivity contribution in [2.45, 2.75) is 44.7 Å². The summed E-state index contributed by atoms with van der Waals surface area (Å²) in [5.74, 6) is 0.909. The number of hydrogen-bond donors (Lipinski definition) is 1. The van der Waals surface area contributed by atoms with E-state index in [-0.39, 0.29) is 0 Å². The fourth-order valence-electron chi connectivity index (χ4n) is 3.06. The Bertz CT molecular complexity index is 388. The van der Waals surface area contributed by atoms with Gasteiger partial charge < -0.3 is 5.32 Å². The van der Waals surface area contributed by atoms with Crippen molar-refractivity contribution >= 4 is 11.3 Å². The van der Waals surface area contributed by atoms with Gasteiger partial charge in [0.15, 0.2) is 0 Å². The van der Waals surface area contributed by atoms with Crippen LogP contribution in [-0.4, -0.2) is 41.1 Å². The summed E-state index contributed by atoms with van der Waals surface area (Å²) in [5.41, 5.74) is 3.54. The van der Waals surface area contributed by atoms with E-state index < -0.39 is 0 Å². The molecule has 1 N–H and O–H groups in total. The van der Waals surface area contributed by atoms with Gasteiger partial charge in [-0.1, -0.05) is 0 Å². The first kappa shape index (κ1) is 12.6. The third kappa shape index (κ3) is 2.60. The maximum Gasteiger partial charge on any atom is 0.0794 e. The monoisotopic (exact) mass is 265 g/mol. The van der Waals surface area contributed by atoms with Crippen LogP contribution in [0.4, 0.5) is 0 Å². The molecule has 100 valence electrons. The molecule has 1 aromatic rings. The number of aromatic nitrogens is 1. The van der Waals surface area contributed by atoms with E-state index in [0.29, 0.717) is 11.6 Å². The van der Waals surface area contributed by atoms with Crippen LogP contribution < -0.4 is 5.32 Å². The Hall–Kier alpha value is -0.450. The zero-order chi connectivity index (χ0) is 12.6. The van der Waals surface area contributed by atoms with E-state index in [1.807, 2.05) is 5.51 Å². The lowest BCUT2D eigenvalue weighted by molar-refractivity contribution is 0.0842. The van der Waals surface area contributed by atoms with Gasteiger partial charge in [0.25, 0.3) is 0 Å². The van der Waals surface area contributed by atoms with Crippen LogP contribution in [0.5, 0.6) is 0 Å². The minimum Gasteiger partial charge on any atom is -0.308 e. The SMILES string of the molecule is CC1CNC(C)(C2CC2)CN1CCc1cscn1. The zero-order valence-corrected chi connectivity index (χ0v) is 12.2. The van der Waals surface area contributed by atoms with Gasteiger partial charge in [0.2, 0.25) is 0 Å². The molecule has 3 nitrogen and oxygen atoms in total. The third-order valence-electron chi connectivity index (χ3n) is 4.57. The molecule has 2 heterocycles. The first-order chi connectivity index (χ1) is 8.67. The predicted molar refractivity (Wildman–Crippen MR) is 76.0 cm³/mol. The van der Waals surface area contributed by atoms with Crippen molar-refractivity contribution in [2.24, 2.45) is 5.92 Å². The van der Waals surface area contributed by atoms with Gasteiger partial charge in [-0.15, -0.1) is 11.3 Å². The Labute approximate surface area is 114 Å². The number of nitrogens with zero attached hydrogens (tertiary/aromatic N) is 2. The number of rotatable bonds is 4.